The summed E-state index contributed by atoms with van der Waals surface area (Å²) in [5.74, 6) is -0.480. The second-order valence-electron chi connectivity index (χ2n) is 6.60. The van der Waals surface area contributed by atoms with Gasteiger partial charge in [-0.15, -0.1) is 0 Å². The number of nitro benzene ring substituents is 1. The van der Waals surface area contributed by atoms with Crippen LogP contribution in [-0.4, -0.2) is 26.9 Å². The van der Waals surface area contributed by atoms with Gasteiger partial charge in [0.05, 0.1) is 43.9 Å². The Morgan fingerprint density at radius 3 is 2.70 bits per heavy atom. The van der Waals surface area contributed by atoms with Crippen LogP contribution >= 0.6 is 23.2 Å². The number of aromatic amines is 1. The number of carbonyl (C=O) groups excluding carboxylic acids is 1. The highest BCUT2D eigenvalue weighted by molar-refractivity contribution is 6.45. The monoisotopic (exact) mass is 449 g/mol. The molecule has 10 nitrogen and oxygen atoms in total. The highest BCUT2D eigenvalue weighted by Gasteiger charge is 2.33. The summed E-state index contributed by atoms with van der Waals surface area (Å²) in [4.78, 5) is 51.9. The SMILES string of the molecule is CC(=O)N(c1cccc([N+](=O)[O-])c1)C1CNc2c(Cl)c(Cl)cc3[nH]c(=O)c(=O)n1c23. The first kappa shape index (κ1) is 19.9. The lowest BCUT2D eigenvalue weighted by Gasteiger charge is -2.36. The Hall–Kier alpha value is -3.37. The van der Waals surface area contributed by atoms with Gasteiger partial charge in [-0.3, -0.25) is 34.0 Å². The minimum atomic E-state index is -0.980. The zero-order valence-corrected chi connectivity index (χ0v) is 16.8. The van der Waals surface area contributed by atoms with Gasteiger partial charge in [0.2, 0.25) is 5.91 Å². The van der Waals surface area contributed by atoms with Crippen LogP contribution in [0.25, 0.3) is 11.0 Å². The molecule has 0 saturated heterocycles. The molecule has 0 spiro atoms. The molecule has 2 aromatic carbocycles. The van der Waals surface area contributed by atoms with Gasteiger partial charge in [0.25, 0.3) is 5.69 Å². The van der Waals surface area contributed by atoms with E-state index >= 15 is 0 Å². The number of halogens is 2. The van der Waals surface area contributed by atoms with Crippen molar-refractivity contribution in [2.24, 2.45) is 0 Å². The number of nitrogens with zero attached hydrogens (tertiary/aromatic N) is 3. The molecule has 4 rings (SSSR count). The second-order valence-corrected chi connectivity index (χ2v) is 7.39. The first-order valence-electron chi connectivity index (χ1n) is 8.65. The van der Waals surface area contributed by atoms with E-state index in [9.17, 15) is 24.5 Å². The van der Waals surface area contributed by atoms with Crippen molar-refractivity contribution in [2.75, 3.05) is 16.8 Å². The summed E-state index contributed by atoms with van der Waals surface area (Å²) in [6.45, 7) is 1.27. The molecule has 154 valence electrons. The Morgan fingerprint density at radius 1 is 1.30 bits per heavy atom. The number of nitro groups is 1. The molecular weight excluding hydrogens is 437 g/mol. The molecule has 0 bridgehead atoms. The van der Waals surface area contributed by atoms with Crippen LogP contribution in [0.3, 0.4) is 0 Å². The topological polar surface area (TPSA) is 130 Å². The van der Waals surface area contributed by atoms with E-state index in [1.807, 2.05) is 0 Å². The maximum atomic E-state index is 12.8. The number of anilines is 2. The molecule has 1 aliphatic rings. The van der Waals surface area contributed by atoms with E-state index < -0.39 is 28.1 Å². The molecule has 3 aromatic rings. The van der Waals surface area contributed by atoms with Gasteiger partial charge < -0.3 is 10.3 Å². The van der Waals surface area contributed by atoms with Gasteiger partial charge in [-0.05, 0) is 12.1 Å². The number of hydrogen-bond donors (Lipinski definition) is 2. The van der Waals surface area contributed by atoms with Crippen LogP contribution in [0.1, 0.15) is 13.1 Å². The molecule has 0 fully saturated rings. The number of carbonyl (C=O) groups is 1. The summed E-state index contributed by atoms with van der Waals surface area (Å²) < 4.78 is 1.16. The number of amides is 1. The van der Waals surface area contributed by atoms with Crippen molar-refractivity contribution in [3.05, 3.63) is 71.2 Å². The summed E-state index contributed by atoms with van der Waals surface area (Å²) in [6.07, 6.45) is -0.980. The van der Waals surface area contributed by atoms with E-state index in [1.165, 1.54) is 42.2 Å². The molecule has 0 radical (unpaired) electrons. The first-order valence-corrected chi connectivity index (χ1v) is 9.41. The third-order valence-corrected chi connectivity index (χ3v) is 5.60. The van der Waals surface area contributed by atoms with E-state index in [-0.39, 0.29) is 39.0 Å². The predicted molar refractivity (Wildman–Crippen MR) is 113 cm³/mol. The smallest absolute Gasteiger partial charge is 0.318 e. The predicted octanol–water partition coefficient (Wildman–Crippen LogP) is 2.88. The van der Waals surface area contributed by atoms with Crippen LogP contribution in [0, 0.1) is 10.1 Å². The van der Waals surface area contributed by atoms with Crippen LogP contribution in [-0.2, 0) is 4.79 Å². The fourth-order valence-electron chi connectivity index (χ4n) is 3.61. The first-order chi connectivity index (χ1) is 14.2. The van der Waals surface area contributed by atoms with Gasteiger partial charge in [-0.2, -0.15) is 0 Å². The van der Waals surface area contributed by atoms with Crippen molar-refractivity contribution in [1.29, 1.82) is 0 Å². The van der Waals surface area contributed by atoms with E-state index in [2.05, 4.69) is 10.3 Å². The number of H-pyrrole nitrogens is 1. The van der Waals surface area contributed by atoms with Gasteiger partial charge in [-0.1, -0.05) is 29.3 Å². The van der Waals surface area contributed by atoms with Gasteiger partial charge in [0.15, 0.2) is 0 Å². The van der Waals surface area contributed by atoms with Gasteiger partial charge in [-0.25, -0.2) is 0 Å². The number of benzene rings is 2. The second kappa shape index (κ2) is 7.15. The van der Waals surface area contributed by atoms with Crippen molar-refractivity contribution in [1.82, 2.24) is 9.55 Å². The molecule has 1 amide bonds. The van der Waals surface area contributed by atoms with Gasteiger partial charge in [0.1, 0.15) is 6.17 Å². The lowest BCUT2D eigenvalue weighted by molar-refractivity contribution is -0.384. The van der Waals surface area contributed by atoms with Crippen molar-refractivity contribution in [3.8, 4) is 0 Å². The van der Waals surface area contributed by atoms with Crippen LogP contribution in [0.15, 0.2) is 39.9 Å². The molecule has 0 saturated carbocycles. The molecule has 2 N–H and O–H groups in total. The largest absolute Gasteiger partial charge is 0.378 e. The lowest BCUT2D eigenvalue weighted by Crippen LogP contribution is -2.50. The van der Waals surface area contributed by atoms with Crippen LogP contribution in [0.5, 0.6) is 0 Å². The molecule has 1 unspecified atom stereocenters. The summed E-state index contributed by atoms with van der Waals surface area (Å²) in [6, 6.07) is 6.86. The number of hydrogen-bond acceptors (Lipinski definition) is 6. The van der Waals surface area contributed by atoms with Crippen molar-refractivity contribution < 1.29 is 9.72 Å². The van der Waals surface area contributed by atoms with Crippen molar-refractivity contribution >= 4 is 57.2 Å². The Labute approximate surface area is 177 Å². The third-order valence-electron chi connectivity index (χ3n) is 4.81. The van der Waals surface area contributed by atoms with Crippen LogP contribution in [0.4, 0.5) is 17.1 Å². The average molecular weight is 450 g/mol. The molecule has 2 heterocycles. The molecule has 1 atom stereocenters. The maximum Gasteiger partial charge on any atom is 0.318 e. The maximum absolute atomic E-state index is 12.8. The average Bonchev–Trinajstić information content (AvgIpc) is 2.70. The Balaban J connectivity index is 2.02. The molecule has 12 heteroatoms. The summed E-state index contributed by atoms with van der Waals surface area (Å²) in [5.41, 5.74) is -0.961. The fourth-order valence-corrected chi connectivity index (χ4v) is 4.02. The number of aromatic nitrogens is 2. The minimum absolute atomic E-state index is 0.00773. The molecule has 1 aliphatic heterocycles. The Bertz CT molecular complexity index is 1350. The van der Waals surface area contributed by atoms with E-state index in [1.54, 1.807) is 0 Å². The van der Waals surface area contributed by atoms with E-state index in [0.29, 0.717) is 5.69 Å². The lowest BCUT2D eigenvalue weighted by atomic mass is 10.1. The Kier molecular flexibility index (Phi) is 4.75. The van der Waals surface area contributed by atoms with Crippen LogP contribution < -0.4 is 21.3 Å². The van der Waals surface area contributed by atoms with E-state index in [4.69, 9.17) is 23.2 Å². The zero-order valence-electron chi connectivity index (χ0n) is 15.3. The molecule has 30 heavy (non-hydrogen) atoms. The van der Waals surface area contributed by atoms with Crippen molar-refractivity contribution in [3.63, 3.8) is 0 Å². The zero-order chi connectivity index (χ0) is 21.7. The molecule has 1 aromatic heterocycles. The highest BCUT2D eigenvalue weighted by Crippen LogP contribution is 2.40. The molecule has 0 aliphatic carbocycles. The number of nitrogens with one attached hydrogen (secondary N) is 2. The third kappa shape index (κ3) is 3.01. The fraction of sp³-hybridized carbons (Fsp3) is 0.167. The van der Waals surface area contributed by atoms with E-state index in [0.717, 1.165) is 4.57 Å². The van der Waals surface area contributed by atoms with Crippen LogP contribution in [0.2, 0.25) is 10.0 Å². The van der Waals surface area contributed by atoms with Crippen molar-refractivity contribution in [2.45, 2.75) is 13.1 Å². The van der Waals surface area contributed by atoms with Gasteiger partial charge in [0, 0.05) is 19.1 Å². The Morgan fingerprint density at radius 2 is 2.03 bits per heavy atom. The van der Waals surface area contributed by atoms with Gasteiger partial charge >= 0.3 is 11.1 Å². The standard InChI is InChI=1S/C18H13Cl2N5O5/c1-8(26)23(9-3-2-4-10(5-9)25(29)30)13-7-21-15-14(20)11(19)6-12-16(15)24(13)18(28)17(27)22-12/h2-6,13,21H,7H2,1H3,(H,22,27). The highest BCUT2D eigenvalue weighted by atomic mass is 35.5. The number of rotatable bonds is 3. The summed E-state index contributed by atoms with van der Waals surface area (Å²) in [5, 5.41) is 14.6. The summed E-state index contributed by atoms with van der Waals surface area (Å²) in [7, 11) is 0. The number of non-ortho nitro benzene ring substituents is 1. The minimum Gasteiger partial charge on any atom is -0.378 e. The molecular formula is C18H13Cl2N5O5. The summed E-state index contributed by atoms with van der Waals surface area (Å²) >= 11 is 12.4. The quantitative estimate of drug-likeness (QED) is 0.359. The normalized spacial score (nSPS) is 15.0.